The first kappa shape index (κ1) is 13.2. The fraction of sp³-hybridized carbons (Fsp3) is 0.500. The van der Waals surface area contributed by atoms with E-state index in [1.165, 1.54) is 19.3 Å². The van der Waals surface area contributed by atoms with Gasteiger partial charge in [0.2, 0.25) is 0 Å². The lowest BCUT2D eigenvalue weighted by atomic mass is 9.84. The Kier molecular flexibility index (Phi) is 3.70. The average Bonchev–Trinajstić information content (AvgIpc) is 2.93. The van der Waals surface area contributed by atoms with E-state index in [0.29, 0.717) is 16.0 Å². The largest absolute Gasteiger partial charge is 0.387 e. The molecule has 1 N–H and O–H groups in total. The topological polar surface area (TPSA) is 37.5 Å². The molecule has 5 heteroatoms. The lowest BCUT2D eigenvalue weighted by Crippen LogP contribution is -2.18. The number of nitrogens with zero attached hydrogens (tertiary/aromatic N) is 2. The average molecular weight is 299 g/mol. The third-order valence-corrected chi connectivity index (χ3v) is 4.82. The predicted molar refractivity (Wildman–Crippen MR) is 76.7 cm³/mol. The standard InChI is InChI=1S/C14H16Cl2N2O/c15-10-6-11(14(19)9-4-2-1-3-5-9)18-8-17-7-12(18)13(10)16/h6-9,14,19H,1-5H2. The summed E-state index contributed by atoms with van der Waals surface area (Å²) in [4.78, 5) is 4.10. The summed E-state index contributed by atoms with van der Waals surface area (Å²) >= 11 is 12.3. The van der Waals surface area contributed by atoms with E-state index < -0.39 is 6.10 Å². The quantitative estimate of drug-likeness (QED) is 0.900. The molecule has 1 fully saturated rings. The zero-order chi connectivity index (χ0) is 13.4. The second-order valence-electron chi connectivity index (χ2n) is 5.22. The van der Waals surface area contributed by atoms with Gasteiger partial charge < -0.3 is 5.11 Å². The molecule has 0 radical (unpaired) electrons. The van der Waals surface area contributed by atoms with Crippen LogP contribution in [0.2, 0.25) is 10.0 Å². The number of aliphatic hydroxyl groups excluding tert-OH is 1. The van der Waals surface area contributed by atoms with E-state index in [-0.39, 0.29) is 0 Å². The molecule has 0 spiro atoms. The Labute approximate surface area is 122 Å². The number of fused-ring (bicyclic) bond motifs is 1. The molecule has 2 heterocycles. The van der Waals surface area contributed by atoms with Crippen molar-refractivity contribution in [2.45, 2.75) is 38.2 Å². The SMILES string of the molecule is OC(c1cc(Cl)c(Cl)c2cncn12)C1CCCCC1. The third kappa shape index (κ3) is 2.35. The number of hydrogen-bond acceptors (Lipinski definition) is 2. The highest BCUT2D eigenvalue weighted by molar-refractivity contribution is 6.44. The summed E-state index contributed by atoms with van der Waals surface area (Å²) in [6, 6.07) is 1.76. The van der Waals surface area contributed by atoms with Gasteiger partial charge in [-0.25, -0.2) is 4.98 Å². The number of aromatic nitrogens is 2. The van der Waals surface area contributed by atoms with Crippen LogP contribution in [0.1, 0.15) is 43.9 Å². The fourth-order valence-corrected chi connectivity index (χ4v) is 3.37. The highest BCUT2D eigenvalue weighted by atomic mass is 35.5. The Morgan fingerprint density at radius 3 is 2.74 bits per heavy atom. The molecule has 102 valence electrons. The van der Waals surface area contributed by atoms with Crippen LogP contribution >= 0.6 is 23.2 Å². The molecule has 2 aromatic heterocycles. The Morgan fingerprint density at radius 2 is 2.00 bits per heavy atom. The van der Waals surface area contributed by atoms with Crippen molar-refractivity contribution in [3.05, 3.63) is 34.3 Å². The van der Waals surface area contributed by atoms with Crippen LogP contribution in [0.5, 0.6) is 0 Å². The summed E-state index contributed by atoms with van der Waals surface area (Å²) in [7, 11) is 0. The predicted octanol–water partition coefficient (Wildman–Crippen LogP) is 4.25. The van der Waals surface area contributed by atoms with Crippen molar-refractivity contribution in [1.82, 2.24) is 9.38 Å². The van der Waals surface area contributed by atoms with Crippen LogP contribution in [0.3, 0.4) is 0 Å². The minimum absolute atomic E-state index is 0.302. The third-order valence-electron chi connectivity index (χ3n) is 4.03. The van der Waals surface area contributed by atoms with Crippen molar-refractivity contribution >= 4 is 28.7 Å². The van der Waals surface area contributed by atoms with E-state index in [2.05, 4.69) is 4.98 Å². The molecule has 0 aliphatic heterocycles. The number of hydrogen-bond donors (Lipinski definition) is 1. The van der Waals surface area contributed by atoms with E-state index in [1.54, 1.807) is 18.6 Å². The van der Waals surface area contributed by atoms with Crippen molar-refractivity contribution in [2.24, 2.45) is 5.92 Å². The van der Waals surface area contributed by atoms with Gasteiger partial charge >= 0.3 is 0 Å². The highest BCUT2D eigenvalue weighted by Gasteiger charge is 2.26. The molecule has 3 nitrogen and oxygen atoms in total. The Hall–Kier alpha value is -0.770. The number of halogens is 2. The first-order valence-corrected chi connectivity index (χ1v) is 7.42. The van der Waals surface area contributed by atoms with E-state index in [9.17, 15) is 5.11 Å². The maximum atomic E-state index is 10.6. The summed E-state index contributed by atoms with van der Waals surface area (Å²) in [6.07, 6.45) is 8.63. The maximum absolute atomic E-state index is 10.6. The molecule has 1 atom stereocenters. The second-order valence-corrected chi connectivity index (χ2v) is 6.01. The Bertz CT molecular complexity index is 590. The van der Waals surface area contributed by atoms with Gasteiger partial charge in [0.15, 0.2) is 0 Å². The van der Waals surface area contributed by atoms with E-state index >= 15 is 0 Å². The van der Waals surface area contributed by atoms with E-state index in [1.807, 2.05) is 4.40 Å². The van der Waals surface area contributed by atoms with Gasteiger partial charge in [-0.2, -0.15) is 0 Å². The first-order chi connectivity index (χ1) is 9.18. The molecule has 1 aliphatic carbocycles. The van der Waals surface area contributed by atoms with Gasteiger partial charge in [-0.1, -0.05) is 42.5 Å². The summed E-state index contributed by atoms with van der Waals surface area (Å²) in [5, 5.41) is 11.6. The molecule has 3 rings (SSSR count). The molecule has 19 heavy (non-hydrogen) atoms. The molecular formula is C14H16Cl2N2O. The van der Waals surface area contributed by atoms with Crippen LogP contribution in [-0.4, -0.2) is 14.5 Å². The molecule has 1 aliphatic rings. The van der Waals surface area contributed by atoms with Crippen LogP contribution in [0.15, 0.2) is 18.6 Å². The molecule has 0 saturated heterocycles. The van der Waals surface area contributed by atoms with Crippen molar-refractivity contribution in [2.75, 3.05) is 0 Å². The minimum atomic E-state index is -0.508. The normalized spacial score (nSPS) is 18.9. The smallest absolute Gasteiger partial charge is 0.0995 e. The molecule has 0 bridgehead atoms. The lowest BCUT2D eigenvalue weighted by molar-refractivity contribution is 0.0801. The fourth-order valence-electron chi connectivity index (χ4n) is 2.97. The monoisotopic (exact) mass is 298 g/mol. The van der Waals surface area contributed by atoms with Gasteiger partial charge in [0, 0.05) is 0 Å². The van der Waals surface area contributed by atoms with Crippen LogP contribution in [0.25, 0.3) is 5.52 Å². The lowest BCUT2D eigenvalue weighted by Gasteiger charge is -2.27. The molecule has 2 aromatic rings. The van der Waals surface area contributed by atoms with Gasteiger partial charge in [0.25, 0.3) is 0 Å². The van der Waals surface area contributed by atoms with Crippen molar-refractivity contribution < 1.29 is 5.11 Å². The number of aliphatic hydroxyl groups is 1. The number of imidazole rings is 1. The zero-order valence-electron chi connectivity index (χ0n) is 10.5. The highest BCUT2D eigenvalue weighted by Crippen LogP contribution is 2.37. The van der Waals surface area contributed by atoms with Crippen molar-refractivity contribution in [3.8, 4) is 0 Å². The van der Waals surface area contributed by atoms with Gasteiger partial charge in [-0.05, 0) is 24.8 Å². The van der Waals surface area contributed by atoms with Crippen LogP contribution in [-0.2, 0) is 0 Å². The van der Waals surface area contributed by atoms with E-state index in [4.69, 9.17) is 23.2 Å². The summed E-state index contributed by atoms with van der Waals surface area (Å²) in [5.74, 6) is 0.302. The summed E-state index contributed by atoms with van der Waals surface area (Å²) in [5.41, 5.74) is 1.54. The molecular weight excluding hydrogens is 283 g/mol. The van der Waals surface area contributed by atoms with Gasteiger partial charge in [-0.15, -0.1) is 0 Å². The first-order valence-electron chi connectivity index (χ1n) is 6.66. The Balaban J connectivity index is 2.04. The molecule has 1 saturated carbocycles. The maximum Gasteiger partial charge on any atom is 0.0995 e. The van der Waals surface area contributed by atoms with Gasteiger partial charge in [-0.3, -0.25) is 4.40 Å². The van der Waals surface area contributed by atoms with Crippen LogP contribution in [0, 0.1) is 5.92 Å². The summed E-state index contributed by atoms with van der Waals surface area (Å²) in [6.45, 7) is 0. The van der Waals surface area contributed by atoms with Crippen molar-refractivity contribution in [3.63, 3.8) is 0 Å². The number of rotatable bonds is 2. The van der Waals surface area contributed by atoms with Crippen LogP contribution < -0.4 is 0 Å². The van der Waals surface area contributed by atoms with E-state index in [0.717, 1.165) is 24.1 Å². The molecule has 0 amide bonds. The molecule has 0 aromatic carbocycles. The van der Waals surface area contributed by atoms with Gasteiger partial charge in [0.1, 0.15) is 0 Å². The van der Waals surface area contributed by atoms with Gasteiger partial charge in [0.05, 0.1) is 39.9 Å². The summed E-state index contributed by atoms with van der Waals surface area (Å²) < 4.78 is 1.84. The van der Waals surface area contributed by atoms with Crippen LogP contribution in [0.4, 0.5) is 0 Å². The number of pyridine rings is 1. The zero-order valence-corrected chi connectivity index (χ0v) is 12.0. The molecule has 1 unspecified atom stereocenters. The van der Waals surface area contributed by atoms with Crippen molar-refractivity contribution in [1.29, 1.82) is 0 Å². The second kappa shape index (κ2) is 5.31. The Morgan fingerprint density at radius 1 is 1.26 bits per heavy atom. The minimum Gasteiger partial charge on any atom is -0.387 e.